The van der Waals surface area contributed by atoms with Crippen molar-refractivity contribution in [2.24, 2.45) is 5.73 Å². The molecule has 100 valence electrons. The van der Waals surface area contributed by atoms with E-state index in [2.05, 4.69) is 66.9 Å². The van der Waals surface area contributed by atoms with Crippen LogP contribution in [0.3, 0.4) is 0 Å². The zero-order valence-corrected chi connectivity index (χ0v) is 11.7. The molecule has 3 aromatic rings. The molecule has 0 heterocycles. The van der Waals surface area contributed by atoms with E-state index in [4.69, 9.17) is 0 Å². The lowest BCUT2D eigenvalue weighted by Gasteiger charge is -2.07. The van der Waals surface area contributed by atoms with Crippen molar-refractivity contribution >= 4 is 16.3 Å². The average molecular weight is 261 g/mol. The first-order valence-corrected chi connectivity index (χ1v) is 6.66. The molecule has 3 aromatic carbocycles. The lowest BCUT2D eigenvalue weighted by atomic mass is 9.97. The molecule has 3 rings (SSSR count). The van der Waals surface area contributed by atoms with Gasteiger partial charge < -0.3 is 5.73 Å². The maximum Gasteiger partial charge on any atom is -0.0178 e. The van der Waals surface area contributed by atoms with Crippen LogP contribution < -0.4 is 5.73 Å². The van der Waals surface area contributed by atoms with Crippen LogP contribution >= 0.6 is 0 Å². The Kier molecular flexibility index (Phi) is 4.70. The van der Waals surface area contributed by atoms with Gasteiger partial charge in [-0.25, -0.2) is 0 Å². The molecule has 1 nitrogen and oxygen atoms in total. The normalized spacial score (nSPS) is 9.70. The van der Waals surface area contributed by atoms with E-state index in [-0.39, 0.29) is 0 Å². The molecular formula is C19H19N. The van der Waals surface area contributed by atoms with Crippen molar-refractivity contribution in [1.82, 2.24) is 0 Å². The Balaban J connectivity index is 0.000000704. The minimum absolute atomic E-state index is 1.07. The fourth-order valence-corrected chi connectivity index (χ4v) is 2.18. The smallest absolute Gasteiger partial charge is 0.0178 e. The predicted molar refractivity (Wildman–Crippen MR) is 88.6 cm³/mol. The molecule has 0 fully saturated rings. The molecule has 0 saturated carbocycles. The number of fused-ring (bicyclic) bond motifs is 1. The first kappa shape index (κ1) is 14.0. The first-order valence-electron chi connectivity index (χ1n) is 6.66. The summed E-state index contributed by atoms with van der Waals surface area (Å²) in [6, 6.07) is 25.2. The Labute approximate surface area is 120 Å². The molecule has 0 saturated heterocycles. The van der Waals surface area contributed by atoms with Gasteiger partial charge >= 0.3 is 0 Å². The molecule has 0 atom stereocenters. The van der Waals surface area contributed by atoms with Gasteiger partial charge in [-0.3, -0.25) is 0 Å². The number of hydrogen-bond acceptors (Lipinski definition) is 1. The summed E-state index contributed by atoms with van der Waals surface area (Å²) < 4.78 is 0. The molecule has 0 spiro atoms. The Bertz CT molecular complexity index is 699. The van der Waals surface area contributed by atoms with Gasteiger partial charge in [0.25, 0.3) is 0 Å². The largest absolute Gasteiger partial charge is 0.333 e. The van der Waals surface area contributed by atoms with Gasteiger partial charge in [-0.2, -0.15) is 0 Å². The quantitative estimate of drug-likeness (QED) is 0.723. The van der Waals surface area contributed by atoms with E-state index < -0.39 is 0 Å². The van der Waals surface area contributed by atoms with Crippen LogP contribution in [0, 0.1) is 0 Å². The van der Waals surface area contributed by atoms with Crippen LogP contribution in [0.5, 0.6) is 0 Å². The Morgan fingerprint density at radius 1 is 0.700 bits per heavy atom. The second-order valence-corrected chi connectivity index (χ2v) is 4.41. The predicted octanol–water partition coefficient (Wildman–Crippen LogP) is 4.48. The Morgan fingerprint density at radius 3 is 2.00 bits per heavy atom. The highest BCUT2D eigenvalue weighted by molar-refractivity contribution is 5.88. The van der Waals surface area contributed by atoms with Gasteiger partial charge in [-0.05, 0) is 40.6 Å². The molecule has 2 N–H and O–H groups in total. The molecule has 0 aliphatic rings. The lowest BCUT2D eigenvalue weighted by molar-refractivity contribution is 1.48. The van der Waals surface area contributed by atoms with Crippen LogP contribution in [0.25, 0.3) is 16.3 Å². The fraction of sp³-hybridized carbons (Fsp3) is 0.0526. The minimum atomic E-state index is 1.07. The third-order valence-corrected chi connectivity index (χ3v) is 3.22. The zero-order chi connectivity index (χ0) is 14.4. The summed E-state index contributed by atoms with van der Waals surface area (Å²) in [7, 11) is 1.50. The van der Waals surface area contributed by atoms with Gasteiger partial charge in [0.15, 0.2) is 0 Å². The minimum Gasteiger partial charge on any atom is -0.333 e. The fourth-order valence-electron chi connectivity index (χ4n) is 2.18. The summed E-state index contributed by atoms with van der Waals surface area (Å²) in [5.41, 5.74) is 7.93. The van der Waals surface area contributed by atoms with E-state index >= 15 is 0 Å². The molecule has 1 heteroatoms. The van der Waals surface area contributed by atoms with Crippen molar-refractivity contribution in [3.05, 3.63) is 90.5 Å². The number of benzene rings is 3. The van der Waals surface area contributed by atoms with Crippen LogP contribution in [-0.2, 0) is 0 Å². The van der Waals surface area contributed by atoms with Crippen LogP contribution in [0.15, 0.2) is 79.4 Å². The van der Waals surface area contributed by atoms with Crippen molar-refractivity contribution in [1.29, 1.82) is 0 Å². The lowest BCUT2D eigenvalue weighted by Crippen LogP contribution is -1.85. The van der Waals surface area contributed by atoms with Crippen molar-refractivity contribution in [3.63, 3.8) is 0 Å². The summed E-state index contributed by atoms with van der Waals surface area (Å²) in [6.45, 7) is 4.20. The molecule has 0 amide bonds. The van der Waals surface area contributed by atoms with Gasteiger partial charge in [-0.15, -0.1) is 0 Å². The highest BCUT2D eigenvalue weighted by Crippen LogP contribution is 2.24. The summed E-state index contributed by atoms with van der Waals surface area (Å²) in [4.78, 5) is 0. The summed E-state index contributed by atoms with van der Waals surface area (Å²) in [5, 5.41) is 2.52. The molecule has 0 bridgehead atoms. The summed E-state index contributed by atoms with van der Waals surface area (Å²) in [6.07, 6.45) is 0. The van der Waals surface area contributed by atoms with E-state index in [0.717, 1.165) is 5.57 Å². The summed E-state index contributed by atoms with van der Waals surface area (Å²) >= 11 is 0. The molecule has 0 radical (unpaired) electrons. The van der Waals surface area contributed by atoms with Crippen molar-refractivity contribution < 1.29 is 0 Å². The second-order valence-electron chi connectivity index (χ2n) is 4.41. The van der Waals surface area contributed by atoms with E-state index in [9.17, 15) is 0 Å². The number of hydrogen-bond donors (Lipinski definition) is 1. The topological polar surface area (TPSA) is 26.0 Å². The number of rotatable bonds is 2. The Morgan fingerprint density at radius 2 is 1.30 bits per heavy atom. The maximum absolute atomic E-state index is 4.50. The standard InChI is InChI=1S/C18H14.CH5N/c1-14(15-7-3-2-4-8-15)17-12-11-16-9-5-6-10-18(16)13-17;1-2/h2-13H,1H2;2H2,1H3. The van der Waals surface area contributed by atoms with E-state index in [1.807, 2.05) is 18.2 Å². The average Bonchev–Trinajstić information content (AvgIpc) is 2.56. The molecule has 20 heavy (non-hydrogen) atoms. The highest BCUT2D eigenvalue weighted by atomic mass is 14.4. The second kappa shape index (κ2) is 6.69. The monoisotopic (exact) mass is 261 g/mol. The third-order valence-electron chi connectivity index (χ3n) is 3.22. The zero-order valence-electron chi connectivity index (χ0n) is 11.7. The molecule has 0 unspecified atom stereocenters. The van der Waals surface area contributed by atoms with Crippen LogP contribution in [0.2, 0.25) is 0 Å². The van der Waals surface area contributed by atoms with Gasteiger partial charge in [0.1, 0.15) is 0 Å². The van der Waals surface area contributed by atoms with E-state index in [0.29, 0.717) is 0 Å². The molecule has 0 aliphatic carbocycles. The third kappa shape index (κ3) is 2.95. The van der Waals surface area contributed by atoms with Crippen molar-refractivity contribution in [2.45, 2.75) is 0 Å². The van der Waals surface area contributed by atoms with Crippen LogP contribution in [0.4, 0.5) is 0 Å². The van der Waals surface area contributed by atoms with Gasteiger partial charge in [-0.1, -0.05) is 73.3 Å². The molecule has 0 aromatic heterocycles. The van der Waals surface area contributed by atoms with Crippen molar-refractivity contribution in [3.8, 4) is 0 Å². The maximum atomic E-state index is 4.50. The molecular weight excluding hydrogens is 242 g/mol. The van der Waals surface area contributed by atoms with E-state index in [1.165, 1.54) is 28.9 Å². The highest BCUT2D eigenvalue weighted by Gasteiger charge is 2.02. The first-order chi connectivity index (χ1) is 9.84. The molecule has 0 aliphatic heterocycles. The van der Waals surface area contributed by atoms with Crippen molar-refractivity contribution in [2.75, 3.05) is 7.05 Å². The van der Waals surface area contributed by atoms with E-state index in [1.54, 1.807) is 0 Å². The van der Waals surface area contributed by atoms with Crippen LogP contribution in [0.1, 0.15) is 11.1 Å². The van der Waals surface area contributed by atoms with Gasteiger partial charge in [0.2, 0.25) is 0 Å². The van der Waals surface area contributed by atoms with Gasteiger partial charge in [0.05, 0.1) is 0 Å². The van der Waals surface area contributed by atoms with Gasteiger partial charge in [0, 0.05) is 0 Å². The van der Waals surface area contributed by atoms with Crippen LogP contribution in [-0.4, -0.2) is 7.05 Å². The summed E-state index contributed by atoms with van der Waals surface area (Å²) in [5.74, 6) is 0. The number of nitrogens with two attached hydrogens (primary N) is 1. The Hall–Kier alpha value is -2.38. The SMILES string of the molecule is C=C(c1ccccc1)c1ccc2ccccc2c1.CN.